The molecule has 0 aromatic carbocycles. The zero-order chi connectivity index (χ0) is 8.74. The summed E-state index contributed by atoms with van der Waals surface area (Å²) >= 11 is 0. The monoisotopic (exact) mass is 184 g/mol. The molecule has 0 aromatic rings. The summed E-state index contributed by atoms with van der Waals surface area (Å²) in [6.45, 7) is 2.14. The Morgan fingerprint density at radius 3 is 2.64 bits per heavy atom. The Balaban J connectivity index is 3.56. The van der Waals surface area contributed by atoms with Crippen molar-refractivity contribution >= 4 is 10.4 Å². The molecule has 0 amide bonds. The van der Waals surface area contributed by atoms with Gasteiger partial charge in [-0.2, -0.15) is 18.2 Å². The molecule has 0 atom stereocenters. The molecule has 0 rings (SSSR count). The molecule has 0 saturated carbocycles. The molecule has 0 spiro atoms. The van der Waals surface area contributed by atoms with E-state index in [1.807, 2.05) is 0 Å². The van der Waals surface area contributed by atoms with Gasteiger partial charge in [-0.15, -0.1) is 0 Å². The molecule has 0 aliphatic rings. The van der Waals surface area contributed by atoms with E-state index in [4.69, 9.17) is 5.73 Å². The first-order chi connectivity index (χ1) is 5.12. The minimum absolute atomic E-state index is 0.0483. The fourth-order valence-corrected chi connectivity index (χ4v) is 0.906. The molecule has 0 heterocycles. The van der Waals surface area contributed by atoms with E-state index >= 15 is 0 Å². The third kappa shape index (κ3) is 6.20. The highest BCUT2D eigenvalue weighted by atomic mass is 32.3. The average molecular weight is 184 g/mol. The lowest BCUT2D eigenvalue weighted by Gasteiger charge is -2.02. The number of nitrogens with one attached hydrogen (secondary N) is 1. The van der Waals surface area contributed by atoms with Gasteiger partial charge in [-0.3, -0.25) is 0 Å². The van der Waals surface area contributed by atoms with Gasteiger partial charge >= 0.3 is 10.4 Å². The fraction of sp³-hybridized carbons (Fsp3) is 1.00. The van der Waals surface area contributed by atoms with Gasteiger partial charge in [-0.05, 0) is 6.92 Å². The molecule has 0 radical (unpaired) electrons. The van der Waals surface area contributed by atoms with Crippen molar-refractivity contribution in [2.75, 3.05) is 19.7 Å². The third-order valence-corrected chi connectivity index (χ3v) is 1.52. The molecule has 6 nitrogen and oxygen atoms in total. The molecule has 0 fully saturated rings. The lowest BCUT2D eigenvalue weighted by molar-refractivity contribution is 0.155. The van der Waals surface area contributed by atoms with Crippen LogP contribution in [0.2, 0.25) is 0 Å². The van der Waals surface area contributed by atoms with E-state index in [1.54, 1.807) is 6.92 Å². The first-order valence-corrected chi connectivity index (χ1v) is 4.46. The summed E-state index contributed by atoms with van der Waals surface area (Å²) in [6.07, 6.45) is 0. The summed E-state index contributed by atoms with van der Waals surface area (Å²) < 4.78 is 29.5. The largest absolute Gasteiger partial charge is 0.416 e. The van der Waals surface area contributed by atoms with Gasteiger partial charge in [0.2, 0.25) is 0 Å². The second kappa shape index (κ2) is 5.44. The maximum atomic E-state index is 10.6. The number of hydroxylamine groups is 1. The van der Waals surface area contributed by atoms with Crippen molar-refractivity contribution < 1.29 is 16.9 Å². The summed E-state index contributed by atoms with van der Waals surface area (Å²) in [7, 11) is -3.87. The van der Waals surface area contributed by atoms with Crippen molar-refractivity contribution in [1.29, 1.82) is 0 Å². The maximum absolute atomic E-state index is 10.6. The van der Waals surface area contributed by atoms with Gasteiger partial charge < -0.3 is 5.73 Å². The molecular formula is C4H12N2O4S. The molecule has 7 heteroatoms. The molecule has 68 valence electrons. The Bertz CT molecular complexity index is 179. The number of rotatable bonds is 6. The number of hydrogen-bond acceptors (Lipinski definition) is 6. The Kier molecular flexibility index (Phi) is 5.34. The second-order valence-corrected chi connectivity index (χ2v) is 2.80. The molecule has 11 heavy (non-hydrogen) atoms. The first kappa shape index (κ1) is 10.8. The van der Waals surface area contributed by atoms with E-state index in [1.165, 1.54) is 0 Å². The van der Waals surface area contributed by atoms with Crippen LogP contribution in [0.15, 0.2) is 0 Å². The van der Waals surface area contributed by atoms with Gasteiger partial charge in [0.1, 0.15) is 0 Å². The van der Waals surface area contributed by atoms with E-state index in [0.717, 1.165) is 0 Å². The standard InChI is InChI=1S/C4H12N2O4S/c1-2-9-11(7,8)10-6-4-3-5/h6H,2-5H2,1H3. The third-order valence-electron chi connectivity index (χ3n) is 0.670. The Labute approximate surface area is 65.9 Å². The van der Waals surface area contributed by atoms with E-state index in [2.05, 4.69) is 13.9 Å². The molecule has 0 unspecified atom stereocenters. The summed E-state index contributed by atoms with van der Waals surface area (Å²) in [6, 6.07) is 0. The maximum Gasteiger partial charge on any atom is 0.416 e. The van der Waals surface area contributed by atoms with Crippen molar-refractivity contribution in [1.82, 2.24) is 5.48 Å². The molecule has 0 saturated heterocycles. The summed E-state index contributed by atoms with van der Waals surface area (Å²) in [5.41, 5.74) is 7.18. The van der Waals surface area contributed by atoms with Crippen molar-refractivity contribution in [2.24, 2.45) is 5.73 Å². The molecule has 3 N–H and O–H groups in total. The molecule has 0 bridgehead atoms. The highest BCUT2D eigenvalue weighted by Gasteiger charge is 2.09. The minimum Gasteiger partial charge on any atom is -0.329 e. The SMILES string of the molecule is CCOS(=O)(=O)ONCCN. The van der Waals surface area contributed by atoms with E-state index in [0.29, 0.717) is 6.54 Å². The van der Waals surface area contributed by atoms with Crippen LogP contribution in [0.25, 0.3) is 0 Å². The molecule has 0 aliphatic heterocycles. The molecule has 0 aliphatic carbocycles. The summed E-state index contributed by atoms with van der Waals surface area (Å²) in [4.78, 5) is 0. The average Bonchev–Trinajstić information content (AvgIpc) is 1.87. The second-order valence-electron chi connectivity index (χ2n) is 1.58. The number of hydrogen-bond donors (Lipinski definition) is 2. The highest BCUT2D eigenvalue weighted by molar-refractivity contribution is 7.81. The summed E-state index contributed by atoms with van der Waals surface area (Å²) in [5, 5.41) is 0. The highest BCUT2D eigenvalue weighted by Crippen LogP contribution is 1.90. The summed E-state index contributed by atoms with van der Waals surface area (Å²) in [5.74, 6) is 0. The van der Waals surface area contributed by atoms with Crippen molar-refractivity contribution in [3.63, 3.8) is 0 Å². The molecular weight excluding hydrogens is 172 g/mol. The Morgan fingerprint density at radius 2 is 2.18 bits per heavy atom. The normalized spacial score (nSPS) is 11.8. The van der Waals surface area contributed by atoms with Crippen LogP contribution in [0.4, 0.5) is 0 Å². The van der Waals surface area contributed by atoms with Crippen LogP contribution in [0, 0.1) is 0 Å². The van der Waals surface area contributed by atoms with Crippen LogP contribution in [0.5, 0.6) is 0 Å². The molecule has 0 aromatic heterocycles. The lowest BCUT2D eigenvalue weighted by atomic mass is 10.7. The Hall–Kier alpha value is -0.210. The van der Waals surface area contributed by atoms with Crippen molar-refractivity contribution in [3.8, 4) is 0 Å². The first-order valence-electron chi connectivity index (χ1n) is 3.13. The van der Waals surface area contributed by atoms with Crippen LogP contribution < -0.4 is 11.2 Å². The van der Waals surface area contributed by atoms with Gasteiger partial charge in [0.05, 0.1) is 6.61 Å². The Morgan fingerprint density at radius 1 is 1.55 bits per heavy atom. The zero-order valence-electron chi connectivity index (χ0n) is 6.24. The van der Waals surface area contributed by atoms with Gasteiger partial charge in [0.15, 0.2) is 0 Å². The minimum atomic E-state index is -3.87. The van der Waals surface area contributed by atoms with Crippen LogP contribution in [0.3, 0.4) is 0 Å². The lowest BCUT2D eigenvalue weighted by Crippen LogP contribution is -2.26. The van der Waals surface area contributed by atoms with E-state index in [9.17, 15) is 8.42 Å². The van der Waals surface area contributed by atoms with Crippen LogP contribution in [0.1, 0.15) is 6.92 Å². The topological polar surface area (TPSA) is 90.7 Å². The quantitative estimate of drug-likeness (QED) is 0.396. The number of nitrogens with two attached hydrogens (primary N) is 1. The van der Waals surface area contributed by atoms with Gasteiger partial charge in [-0.25, -0.2) is 4.18 Å². The predicted molar refractivity (Wildman–Crippen MR) is 38.7 cm³/mol. The van der Waals surface area contributed by atoms with E-state index in [-0.39, 0.29) is 13.2 Å². The van der Waals surface area contributed by atoms with Gasteiger partial charge in [-0.1, -0.05) is 0 Å². The van der Waals surface area contributed by atoms with E-state index < -0.39 is 10.4 Å². The van der Waals surface area contributed by atoms with Crippen LogP contribution >= 0.6 is 0 Å². The smallest absolute Gasteiger partial charge is 0.329 e. The van der Waals surface area contributed by atoms with Gasteiger partial charge in [0, 0.05) is 13.1 Å². The van der Waals surface area contributed by atoms with Crippen LogP contribution in [-0.2, 0) is 18.9 Å². The van der Waals surface area contributed by atoms with Crippen LogP contribution in [-0.4, -0.2) is 28.1 Å². The van der Waals surface area contributed by atoms with Crippen molar-refractivity contribution in [3.05, 3.63) is 0 Å². The predicted octanol–water partition coefficient (Wildman–Crippen LogP) is -1.25. The van der Waals surface area contributed by atoms with Gasteiger partial charge in [0.25, 0.3) is 0 Å². The fourth-order valence-electron chi connectivity index (χ4n) is 0.341. The van der Waals surface area contributed by atoms with Crippen molar-refractivity contribution in [2.45, 2.75) is 6.92 Å². The zero-order valence-corrected chi connectivity index (χ0v) is 7.06.